The van der Waals surface area contributed by atoms with E-state index in [0.29, 0.717) is 0 Å². The van der Waals surface area contributed by atoms with Gasteiger partial charge in [0.2, 0.25) is 0 Å². The van der Waals surface area contributed by atoms with Crippen LogP contribution in [0, 0.1) is 10.1 Å². The van der Waals surface area contributed by atoms with Crippen molar-refractivity contribution in [2.24, 2.45) is 0 Å². The minimum atomic E-state index is -0.838. The molecule has 1 aromatic rings. The number of nitro benzene ring substituents is 1. The third-order valence-electron chi connectivity index (χ3n) is 1.92. The Morgan fingerprint density at radius 3 is 2.53 bits per heavy atom. The molecule has 0 saturated heterocycles. The summed E-state index contributed by atoms with van der Waals surface area (Å²) in [6, 6.07) is 5.37. The first-order valence-electron chi connectivity index (χ1n) is 4.69. The van der Waals surface area contributed by atoms with Crippen molar-refractivity contribution in [3.05, 3.63) is 34.4 Å². The van der Waals surface area contributed by atoms with Crippen LogP contribution in [0.4, 0.5) is 11.4 Å². The van der Waals surface area contributed by atoms with Crippen LogP contribution in [0.3, 0.4) is 0 Å². The van der Waals surface area contributed by atoms with Gasteiger partial charge in [0, 0.05) is 31.9 Å². The summed E-state index contributed by atoms with van der Waals surface area (Å²) >= 11 is 0. The van der Waals surface area contributed by atoms with Crippen LogP contribution >= 0.6 is 0 Å². The molecule has 1 rings (SSSR count). The molecule has 1 aromatic carbocycles. The SMILES string of the molecule is CN(C)C(=O)C(=O)Nc1cccc([N+](=O)[O-])c1. The van der Waals surface area contributed by atoms with Gasteiger partial charge in [-0.1, -0.05) is 6.07 Å². The minimum absolute atomic E-state index is 0.153. The molecule has 0 fully saturated rings. The average molecular weight is 237 g/mol. The van der Waals surface area contributed by atoms with Gasteiger partial charge in [-0.15, -0.1) is 0 Å². The number of nitro groups is 1. The van der Waals surface area contributed by atoms with Gasteiger partial charge in [-0.2, -0.15) is 0 Å². The molecule has 90 valence electrons. The maximum Gasteiger partial charge on any atom is 0.313 e. The van der Waals surface area contributed by atoms with Crippen molar-refractivity contribution in [1.82, 2.24) is 4.90 Å². The van der Waals surface area contributed by atoms with Crippen LogP contribution in [0.25, 0.3) is 0 Å². The molecule has 0 unspecified atom stereocenters. The van der Waals surface area contributed by atoms with Crippen molar-refractivity contribution in [3.8, 4) is 0 Å². The highest BCUT2D eigenvalue weighted by Gasteiger charge is 2.16. The van der Waals surface area contributed by atoms with Crippen LogP contribution in [0.2, 0.25) is 0 Å². The number of hydrogen-bond acceptors (Lipinski definition) is 4. The largest absolute Gasteiger partial charge is 0.341 e. The lowest BCUT2D eigenvalue weighted by atomic mass is 10.3. The Hall–Kier alpha value is -2.44. The minimum Gasteiger partial charge on any atom is -0.341 e. The van der Waals surface area contributed by atoms with Crippen LogP contribution in [-0.2, 0) is 9.59 Å². The van der Waals surface area contributed by atoms with E-state index in [9.17, 15) is 19.7 Å². The van der Waals surface area contributed by atoms with Gasteiger partial charge in [0.25, 0.3) is 5.69 Å². The zero-order chi connectivity index (χ0) is 13.0. The van der Waals surface area contributed by atoms with Gasteiger partial charge in [-0.25, -0.2) is 0 Å². The highest BCUT2D eigenvalue weighted by atomic mass is 16.6. The van der Waals surface area contributed by atoms with Gasteiger partial charge >= 0.3 is 11.8 Å². The zero-order valence-corrected chi connectivity index (χ0v) is 9.34. The number of anilines is 1. The fraction of sp³-hybridized carbons (Fsp3) is 0.200. The van der Waals surface area contributed by atoms with Crippen molar-refractivity contribution in [2.45, 2.75) is 0 Å². The number of hydrogen-bond donors (Lipinski definition) is 1. The zero-order valence-electron chi connectivity index (χ0n) is 9.34. The van der Waals surface area contributed by atoms with Crippen LogP contribution < -0.4 is 5.32 Å². The number of likely N-dealkylation sites (N-methyl/N-ethyl adjacent to an activating group) is 1. The molecular weight excluding hydrogens is 226 g/mol. The van der Waals surface area contributed by atoms with Gasteiger partial charge in [-0.05, 0) is 6.07 Å². The molecule has 1 N–H and O–H groups in total. The standard InChI is InChI=1S/C10H11N3O4/c1-12(2)10(15)9(14)11-7-4-3-5-8(6-7)13(16)17/h3-6H,1-2H3,(H,11,14). The number of amides is 2. The fourth-order valence-corrected chi connectivity index (χ4v) is 1.08. The molecular formula is C10H11N3O4. The molecule has 0 radical (unpaired) electrons. The first kappa shape index (κ1) is 12.6. The second-order valence-electron chi connectivity index (χ2n) is 3.46. The molecule has 0 heterocycles. The van der Waals surface area contributed by atoms with Gasteiger partial charge < -0.3 is 10.2 Å². The summed E-state index contributed by atoms with van der Waals surface area (Å²) in [5.41, 5.74) is 0.0551. The molecule has 0 bridgehead atoms. The number of carbonyl (C=O) groups is 2. The topological polar surface area (TPSA) is 92.6 Å². The molecule has 0 spiro atoms. The third-order valence-corrected chi connectivity index (χ3v) is 1.92. The predicted octanol–water partition coefficient (Wildman–Crippen LogP) is 0.621. The first-order valence-corrected chi connectivity index (χ1v) is 4.69. The van der Waals surface area contributed by atoms with Crippen LogP contribution in [-0.4, -0.2) is 35.7 Å². The van der Waals surface area contributed by atoms with E-state index in [0.717, 1.165) is 4.90 Å². The van der Waals surface area contributed by atoms with Crippen molar-refractivity contribution in [3.63, 3.8) is 0 Å². The van der Waals surface area contributed by atoms with Gasteiger partial charge in [0.15, 0.2) is 0 Å². The van der Waals surface area contributed by atoms with Crippen molar-refractivity contribution < 1.29 is 14.5 Å². The van der Waals surface area contributed by atoms with E-state index in [1.807, 2.05) is 0 Å². The van der Waals surface area contributed by atoms with Crippen molar-refractivity contribution in [1.29, 1.82) is 0 Å². The lowest BCUT2D eigenvalue weighted by Crippen LogP contribution is -2.34. The molecule has 2 amide bonds. The van der Waals surface area contributed by atoms with Crippen molar-refractivity contribution in [2.75, 3.05) is 19.4 Å². The molecule has 0 aliphatic heterocycles. The average Bonchev–Trinajstić information content (AvgIpc) is 2.28. The molecule has 0 aliphatic carbocycles. The highest BCUT2D eigenvalue weighted by molar-refractivity contribution is 6.39. The van der Waals surface area contributed by atoms with E-state index in [2.05, 4.69) is 5.32 Å². The van der Waals surface area contributed by atoms with E-state index < -0.39 is 16.7 Å². The number of non-ortho nitro benzene ring substituents is 1. The van der Waals surface area contributed by atoms with Crippen LogP contribution in [0.1, 0.15) is 0 Å². The lowest BCUT2D eigenvalue weighted by Gasteiger charge is -2.09. The van der Waals surface area contributed by atoms with E-state index in [1.165, 1.54) is 38.4 Å². The van der Waals surface area contributed by atoms with Gasteiger partial charge in [0.1, 0.15) is 0 Å². The number of nitrogens with one attached hydrogen (secondary N) is 1. The first-order chi connectivity index (χ1) is 7.91. The fourth-order valence-electron chi connectivity index (χ4n) is 1.08. The Kier molecular flexibility index (Phi) is 3.76. The maximum atomic E-state index is 11.4. The number of nitrogens with zero attached hydrogens (tertiary/aromatic N) is 2. The quantitative estimate of drug-likeness (QED) is 0.463. The summed E-state index contributed by atoms with van der Waals surface area (Å²) in [6.07, 6.45) is 0. The second-order valence-corrected chi connectivity index (χ2v) is 3.46. The molecule has 0 aromatic heterocycles. The van der Waals surface area contributed by atoms with Crippen LogP contribution in [0.5, 0.6) is 0 Å². The highest BCUT2D eigenvalue weighted by Crippen LogP contribution is 2.16. The summed E-state index contributed by atoms with van der Waals surface area (Å²) in [6.45, 7) is 0. The molecule has 7 nitrogen and oxygen atoms in total. The Balaban J connectivity index is 2.82. The predicted molar refractivity (Wildman–Crippen MR) is 60.4 cm³/mol. The molecule has 0 atom stereocenters. The second kappa shape index (κ2) is 5.06. The Morgan fingerprint density at radius 2 is 2.00 bits per heavy atom. The lowest BCUT2D eigenvalue weighted by molar-refractivity contribution is -0.384. The summed E-state index contributed by atoms with van der Waals surface area (Å²) in [4.78, 5) is 33.6. The Labute approximate surface area is 97.2 Å². The monoisotopic (exact) mass is 237 g/mol. The Morgan fingerprint density at radius 1 is 1.35 bits per heavy atom. The van der Waals surface area contributed by atoms with Crippen LogP contribution in [0.15, 0.2) is 24.3 Å². The maximum absolute atomic E-state index is 11.4. The van der Waals surface area contributed by atoms with E-state index in [-0.39, 0.29) is 11.4 Å². The van der Waals surface area contributed by atoms with E-state index in [4.69, 9.17) is 0 Å². The number of benzene rings is 1. The van der Waals surface area contributed by atoms with E-state index in [1.54, 1.807) is 0 Å². The van der Waals surface area contributed by atoms with Crippen molar-refractivity contribution >= 4 is 23.2 Å². The van der Waals surface area contributed by atoms with Gasteiger partial charge in [0.05, 0.1) is 4.92 Å². The summed E-state index contributed by atoms with van der Waals surface area (Å²) in [7, 11) is 2.88. The number of rotatable bonds is 2. The molecule has 0 saturated carbocycles. The molecule has 7 heteroatoms. The van der Waals surface area contributed by atoms with Gasteiger partial charge in [-0.3, -0.25) is 19.7 Å². The summed E-state index contributed by atoms with van der Waals surface area (Å²) in [5, 5.41) is 12.8. The summed E-state index contributed by atoms with van der Waals surface area (Å²) in [5.74, 6) is -1.56. The third kappa shape index (κ3) is 3.26. The number of carbonyl (C=O) groups excluding carboxylic acids is 2. The van der Waals surface area contributed by atoms with E-state index >= 15 is 0 Å². The Bertz CT molecular complexity index is 470. The molecule has 0 aliphatic rings. The molecule has 17 heavy (non-hydrogen) atoms. The summed E-state index contributed by atoms with van der Waals surface area (Å²) < 4.78 is 0. The smallest absolute Gasteiger partial charge is 0.313 e. The normalized spacial score (nSPS) is 9.53.